The molecule has 0 aromatic heterocycles. The summed E-state index contributed by atoms with van der Waals surface area (Å²) < 4.78 is 0. The van der Waals surface area contributed by atoms with Gasteiger partial charge in [0.25, 0.3) is 0 Å². The van der Waals surface area contributed by atoms with Crippen LogP contribution in [0.15, 0.2) is 42.5 Å². The fourth-order valence-electron chi connectivity index (χ4n) is 3.61. The summed E-state index contributed by atoms with van der Waals surface area (Å²) in [4.78, 5) is 15.8. The summed E-state index contributed by atoms with van der Waals surface area (Å²) in [5.41, 5.74) is 4.57. The first-order chi connectivity index (χ1) is 10.3. The van der Waals surface area contributed by atoms with E-state index >= 15 is 0 Å². The highest BCUT2D eigenvalue weighted by molar-refractivity contribution is 6.02. The Morgan fingerprint density at radius 3 is 2.71 bits per heavy atom. The predicted molar refractivity (Wildman–Crippen MR) is 81.8 cm³/mol. The normalized spacial score (nSPS) is 22.3. The minimum absolute atomic E-state index is 0.163. The maximum atomic E-state index is 12.1. The van der Waals surface area contributed by atoms with Gasteiger partial charge in [-0.3, -0.25) is 4.79 Å². The number of carbonyl (C=O) groups is 1. The zero-order valence-corrected chi connectivity index (χ0v) is 11.5. The van der Waals surface area contributed by atoms with Crippen molar-refractivity contribution in [2.45, 2.75) is 24.8 Å². The lowest BCUT2D eigenvalue weighted by atomic mass is 9.78. The number of carbonyl (C=O) groups excluding carboxylic acids is 1. The molecule has 21 heavy (non-hydrogen) atoms. The summed E-state index contributed by atoms with van der Waals surface area (Å²) >= 11 is 0. The van der Waals surface area contributed by atoms with Crippen LogP contribution < -0.4 is 5.32 Å². The average Bonchev–Trinajstić information content (AvgIpc) is 2.92. The smallest absolute Gasteiger partial charge is 0.209 e. The SMILES string of the molecule is [C-]#[N+]c1ccc2c3c1NC(c1ccccc1)C3CCC2=O. The molecule has 0 spiro atoms. The molecule has 2 unspecified atom stereocenters. The minimum atomic E-state index is 0.163. The van der Waals surface area contributed by atoms with Gasteiger partial charge in [0.2, 0.25) is 5.69 Å². The molecule has 0 saturated heterocycles. The lowest BCUT2D eigenvalue weighted by Gasteiger charge is -2.25. The largest absolute Gasteiger partial charge is 0.386 e. The third kappa shape index (κ3) is 1.69. The number of Topliss-reactive ketones (excluding diaryl/α,β-unsaturated/α-hetero) is 1. The van der Waals surface area contributed by atoms with Gasteiger partial charge in [-0.25, -0.2) is 4.85 Å². The van der Waals surface area contributed by atoms with Gasteiger partial charge in [-0.05, 0) is 17.5 Å². The van der Waals surface area contributed by atoms with Gasteiger partial charge in [-0.2, -0.15) is 0 Å². The molecule has 0 saturated carbocycles. The van der Waals surface area contributed by atoms with Crippen LogP contribution >= 0.6 is 0 Å². The van der Waals surface area contributed by atoms with Crippen molar-refractivity contribution in [2.24, 2.45) is 0 Å². The topological polar surface area (TPSA) is 33.5 Å². The van der Waals surface area contributed by atoms with Crippen LogP contribution in [0.25, 0.3) is 4.85 Å². The first kappa shape index (κ1) is 12.2. The molecule has 3 nitrogen and oxygen atoms in total. The lowest BCUT2D eigenvalue weighted by molar-refractivity contribution is 0.0966. The summed E-state index contributed by atoms with van der Waals surface area (Å²) in [6.45, 7) is 7.34. The molecule has 2 atom stereocenters. The molecule has 1 aliphatic heterocycles. The number of benzene rings is 2. The minimum Gasteiger partial charge on any atom is -0.386 e. The van der Waals surface area contributed by atoms with E-state index in [2.05, 4.69) is 22.3 Å². The average molecular weight is 274 g/mol. The number of nitrogens with one attached hydrogen (secondary N) is 1. The molecule has 4 rings (SSSR count). The van der Waals surface area contributed by atoms with Crippen LogP contribution in [-0.4, -0.2) is 5.78 Å². The van der Waals surface area contributed by atoms with Crippen LogP contribution in [0.4, 0.5) is 11.4 Å². The molecule has 2 aliphatic rings. The third-order valence-electron chi connectivity index (χ3n) is 4.56. The number of hydrogen-bond donors (Lipinski definition) is 1. The highest BCUT2D eigenvalue weighted by atomic mass is 16.1. The van der Waals surface area contributed by atoms with Gasteiger partial charge in [-0.1, -0.05) is 42.5 Å². The first-order valence-electron chi connectivity index (χ1n) is 7.18. The maximum absolute atomic E-state index is 12.1. The van der Waals surface area contributed by atoms with E-state index in [4.69, 9.17) is 6.57 Å². The fourth-order valence-corrected chi connectivity index (χ4v) is 3.61. The highest BCUT2D eigenvalue weighted by Gasteiger charge is 2.40. The van der Waals surface area contributed by atoms with Crippen molar-refractivity contribution in [3.8, 4) is 0 Å². The standard InChI is InChI=1S/C18H14N2O/c1-19-14-9-7-12-15(21)10-8-13-16(12)18(14)20-17(13)11-5-3-2-4-6-11/h2-7,9,13,17,20H,8,10H2. The number of rotatable bonds is 1. The van der Waals surface area contributed by atoms with E-state index in [0.29, 0.717) is 12.1 Å². The molecular weight excluding hydrogens is 260 g/mol. The fraction of sp³-hybridized carbons (Fsp3) is 0.222. The number of anilines is 1. The van der Waals surface area contributed by atoms with E-state index in [9.17, 15) is 4.79 Å². The molecule has 0 amide bonds. The monoisotopic (exact) mass is 274 g/mol. The molecule has 1 aliphatic carbocycles. The van der Waals surface area contributed by atoms with Crippen molar-refractivity contribution < 1.29 is 4.79 Å². The molecular formula is C18H14N2O. The molecule has 1 N–H and O–H groups in total. The maximum Gasteiger partial charge on any atom is 0.209 e. The highest BCUT2D eigenvalue weighted by Crippen LogP contribution is 2.53. The van der Waals surface area contributed by atoms with Crippen molar-refractivity contribution >= 4 is 17.2 Å². The van der Waals surface area contributed by atoms with Crippen LogP contribution in [0, 0.1) is 6.57 Å². The van der Waals surface area contributed by atoms with Crippen LogP contribution in [0.3, 0.4) is 0 Å². The Bertz CT molecular complexity index is 774. The van der Waals surface area contributed by atoms with Gasteiger partial charge in [0.15, 0.2) is 5.78 Å². The van der Waals surface area contributed by atoms with Gasteiger partial charge in [0.05, 0.1) is 12.6 Å². The van der Waals surface area contributed by atoms with Gasteiger partial charge in [0, 0.05) is 23.6 Å². The van der Waals surface area contributed by atoms with Gasteiger partial charge in [-0.15, -0.1) is 0 Å². The number of nitrogens with zero attached hydrogens (tertiary/aromatic N) is 1. The summed E-state index contributed by atoms with van der Waals surface area (Å²) in [6.07, 6.45) is 1.45. The summed E-state index contributed by atoms with van der Waals surface area (Å²) in [5, 5.41) is 3.51. The van der Waals surface area contributed by atoms with Crippen molar-refractivity contribution in [3.05, 3.63) is 70.6 Å². The van der Waals surface area contributed by atoms with Crippen molar-refractivity contribution in [1.82, 2.24) is 0 Å². The van der Waals surface area contributed by atoms with E-state index in [0.717, 1.165) is 23.2 Å². The van der Waals surface area contributed by atoms with E-state index in [-0.39, 0.29) is 17.7 Å². The Morgan fingerprint density at radius 1 is 1.14 bits per heavy atom. The van der Waals surface area contributed by atoms with Crippen molar-refractivity contribution in [1.29, 1.82) is 0 Å². The predicted octanol–water partition coefficient (Wildman–Crippen LogP) is 4.46. The van der Waals surface area contributed by atoms with E-state index < -0.39 is 0 Å². The zero-order chi connectivity index (χ0) is 14.4. The molecule has 0 fully saturated rings. The third-order valence-corrected chi connectivity index (χ3v) is 4.56. The van der Waals surface area contributed by atoms with Crippen molar-refractivity contribution in [3.63, 3.8) is 0 Å². The van der Waals surface area contributed by atoms with Crippen LogP contribution in [-0.2, 0) is 0 Å². The number of hydrogen-bond acceptors (Lipinski definition) is 2. The van der Waals surface area contributed by atoms with Crippen LogP contribution in [0.1, 0.15) is 46.3 Å². The lowest BCUT2D eigenvalue weighted by Crippen LogP contribution is -2.18. The molecule has 3 heteroatoms. The molecule has 2 aromatic carbocycles. The quantitative estimate of drug-likeness (QED) is 0.779. The summed E-state index contributed by atoms with van der Waals surface area (Å²) in [5.74, 6) is 0.492. The molecule has 0 bridgehead atoms. The Morgan fingerprint density at radius 2 is 1.95 bits per heavy atom. The Hall–Kier alpha value is -2.60. The Kier molecular flexibility index (Phi) is 2.58. The van der Waals surface area contributed by atoms with E-state index in [1.807, 2.05) is 24.3 Å². The van der Waals surface area contributed by atoms with Crippen LogP contribution in [0.5, 0.6) is 0 Å². The van der Waals surface area contributed by atoms with Gasteiger partial charge in [0.1, 0.15) is 0 Å². The molecule has 2 aromatic rings. The Labute approximate surface area is 123 Å². The first-order valence-corrected chi connectivity index (χ1v) is 7.18. The summed E-state index contributed by atoms with van der Waals surface area (Å²) in [6, 6.07) is 14.0. The number of ketones is 1. The van der Waals surface area contributed by atoms with Gasteiger partial charge >= 0.3 is 0 Å². The second-order valence-corrected chi connectivity index (χ2v) is 5.63. The second kappa shape index (κ2) is 4.46. The van der Waals surface area contributed by atoms with Crippen LogP contribution in [0.2, 0.25) is 0 Å². The molecule has 0 radical (unpaired) electrons. The second-order valence-electron chi connectivity index (χ2n) is 5.63. The van der Waals surface area contributed by atoms with Gasteiger partial charge < -0.3 is 5.32 Å². The zero-order valence-electron chi connectivity index (χ0n) is 11.5. The van der Waals surface area contributed by atoms with E-state index in [1.165, 1.54) is 5.56 Å². The summed E-state index contributed by atoms with van der Waals surface area (Å²) in [7, 11) is 0. The molecule has 102 valence electrons. The van der Waals surface area contributed by atoms with E-state index in [1.54, 1.807) is 6.07 Å². The van der Waals surface area contributed by atoms with Crippen molar-refractivity contribution in [2.75, 3.05) is 5.32 Å². The Balaban J connectivity index is 1.90. The molecule has 1 heterocycles.